The van der Waals surface area contributed by atoms with E-state index in [1.165, 1.54) is 5.56 Å². The van der Waals surface area contributed by atoms with Crippen molar-refractivity contribution in [3.8, 4) is 22.5 Å². The number of morpholine rings is 1. The van der Waals surface area contributed by atoms with Crippen LogP contribution in [0.1, 0.15) is 18.1 Å². The molecule has 1 aliphatic rings. The summed E-state index contributed by atoms with van der Waals surface area (Å²) in [5.41, 5.74) is 7.02. The highest BCUT2D eigenvalue weighted by Crippen LogP contribution is 2.38. The van der Waals surface area contributed by atoms with Crippen LogP contribution < -0.4 is 4.90 Å². The predicted molar refractivity (Wildman–Crippen MR) is 117 cm³/mol. The minimum absolute atomic E-state index is 0.250. The van der Waals surface area contributed by atoms with Gasteiger partial charge in [0.1, 0.15) is 17.0 Å². The smallest absolute Gasteiger partial charge is 0.130 e. The van der Waals surface area contributed by atoms with Crippen molar-refractivity contribution in [1.29, 1.82) is 0 Å². The molecular weight excluding hydrogens is 376 g/mol. The van der Waals surface area contributed by atoms with Crippen molar-refractivity contribution in [3.63, 3.8) is 0 Å². The number of nitrogens with zero attached hydrogens (tertiary/aromatic N) is 5. The minimum Gasteiger partial charge on any atom is -0.377 e. The average molecular weight is 400 g/mol. The SMILES string of the molecule is Cc1ccncc1-c1cc(N2CCOCC2C)nc2c(-c3ccn[nH]3)ncc(C)c12. The van der Waals surface area contributed by atoms with E-state index < -0.39 is 0 Å². The highest BCUT2D eigenvalue weighted by Gasteiger charge is 2.24. The Kier molecular flexibility index (Phi) is 4.67. The number of aryl methyl sites for hydroxylation is 2. The lowest BCUT2D eigenvalue weighted by molar-refractivity contribution is 0.0986. The molecule has 152 valence electrons. The van der Waals surface area contributed by atoms with Crippen LogP contribution in [0.4, 0.5) is 5.82 Å². The Balaban J connectivity index is 1.85. The zero-order valence-corrected chi connectivity index (χ0v) is 17.4. The van der Waals surface area contributed by atoms with Crippen LogP contribution in [0.2, 0.25) is 0 Å². The largest absolute Gasteiger partial charge is 0.377 e. The van der Waals surface area contributed by atoms with Gasteiger partial charge in [-0.15, -0.1) is 0 Å². The van der Waals surface area contributed by atoms with Crippen LogP contribution in [-0.4, -0.2) is 50.9 Å². The Morgan fingerprint density at radius 1 is 1.10 bits per heavy atom. The monoisotopic (exact) mass is 400 g/mol. The first kappa shape index (κ1) is 18.7. The molecule has 0 radical (unpaired) electrons. The third-order valence-electron chi connectivity index (χ3n) is 5.76. The molecule has 1 atom stereocenters. The molecule has 4 aromatic heterocycles. The molecule has 0 bridgehead atoms. The van der Waals surface area contributed by atoms with Gasteiger partial charge in [0.25, 0.3) is 0 Å². The van der Waals surface area contributed by atoms with E-state index in [0.29, 0.717) is 13.2 Å². The third kappa shape index (κ3) is 3.11. The molecule has 0 aliphatic carbocycles. The van der Waals surface area contributed by atoms with Crippen molar-refractivity contribution < 1.29 is 4.74 Å². The summed E-state index contributed by atoms with van der Waals surface area (Å²) in [7, 11) is 0. The summed E-state index contributed by atoms with van der Waals surface area (Å²) < 4.78 is 5.65. The number of aromatic amines is 1. The van der Waals surface area contributed by atoms with Gasteiger partial charge in [-0.2, -0.15) is 5.10 Å². The maximum Gasteiger partial charge on any atom is 0.130 e. The average Bonchev–Trinajstić information content (AvgIpc) is 3.29. The number of H-pyrrole nitrogens is 1. The molecule has 4 aromatic rings. The summed E-state index contributed by atoms with van der Waals surface area (Å²) in [4.78, 5) is 16.6. The van der Waals surface area contributed by atoms with Gasteiger partial charge in [0.05, 0.1) is 24.9 Å². The van der Waals surface area contributed by atoms with Crippen LogP contribution in [0, 0.1) is 13.8 Å². The van der Waals surface area contributed by atoms with Crippen LogP contribution in [0.25, 0.3) is 33.4 Å². The van der Waals surface area contributed by atoms with E-state index in [2.05, 4.69) is 46.9 Å². The molecule has 0 spiro atoms. The van der Waals surface area contributed by atoms with Crippen LogP contribution in [0.5, 0.6) is 0 Å². The minimum atomic E-state index is 0.250. The first-order chi connectivity index (χ1) is 14.6. The number of ether oxygens (including phenoxy) is 1. The molecule has 1 N–H and O–H groups in total. The van der Waals surface area contributed by atoms with Gasteiger partial charge in [-0.05, 0) is 55.7 Å². The van der Waals surface area contributed by atoms with Crippen molar-refractivity contribution in [2.45, 2.75) is 26.8 Å². The summed E-state index contributed by atoms with van der Waals surface area (Å²) in [6.45, 7) is 8.58. The van der Waals surface area contributed by atoms with Crippen LogP contribution in [-0.2, 0) is 4.74 Å². The summed E-state index contributed by atoms with van der Waals surface area (Å²) >= 11 is 0. The van der Waals surface area contributed by atoms with E-state index in [0.717, 1.165) is 51.3 Å². The fraction of sp³-hybridized carbons (Fsp3) is 0.304. The molecule has 7 nitrogen and oxygen atoms in total. The molecule has 1 saturated heterocycles. The van der Waals surface area contributed by atoms with Gasteiger partial charge in [0, 0.05) is 42.3 Å². The second-order valence-corrected chi connectivity index (χ2v) is 7.82. The Hall–Kier alpha value is -3.32. The van der Waals surface area contributed by atoms with Crippen molar-refractivity contribution in [3.05, 3.63) is 54.1 Å². The van der Waals surface area contributed by atoms with Crippen molar-refractivity contribution in [1.82, 2.24) is 25.1 Å². The molecular formula is C23H24N6O. The number of hydrogen-bond acceptors (Lipinski definition) is 6. The van der Waals surface area contributed by atoms with Gasteiger partial charge in [-0.25, -0.2) is 4.98 Å². The molecule has 0 saturated carbocycles. The molecule has 1 unspecified atom stereocenters. The van der Waals surface area contributed by atoms with Crippen LogP contribution in [0.15, 0.2) is 43.0 Å². The number of aromatic nitrogens is 5. The van der Waals surface area contributed by atoms with E-state index in [1.807, 2.05) is 30.7 Å². The summed E-state index contributed by atoms with van der Waals surface area (Å²) in [5, 5.41) is 8.26. The summed E-state index contributed by atoms with van der Waals surface area (Å²) in [5.74, 6) is 0.935. The van der Waals surface area contributed by atoms with Crippen molar-refractivity contribution in [2.24, 2.45) is 0 Å². The number of pyridine rings is 3. The second-order valence-electron chi connectivity index (χ2n) is 7.82. The van der Waals surface area contributed by atoms with E-state index >= 15 is 0 Å². The molecule has 0 amide bonds. The zero-order valence-electron chi connectivity index (χ0n) is 17.4. The summed E-state index contributed by atoms with van der Waals surface area (Å²) in [6.07, 6.45) is 7.42. The fourth-order valence-electron chi connectivity index (χ4n) is 4.15. The van der Waals surface area contributed by atoms with Crippen LogP contribution in [0.3, 0.4) is 0 Å². The van der Waals surface area contributed by atoms with E-state index in [1.54, 1.807) is 6.20 Å². The van der Waals surface area contributed by atoms with E-state index in [-0.39, 0.29) is 6.04 Å². The van der Waals surface area contributed by atoms with Crippen molar-refractivity contribution in [2.75, 3.05) is 24.7 Å². The van der Waals surface area contributed by atoms with Gasteiger partial charge < -0.3 is 9.64 Å². The second kappa shape index (κ2) is 7.50. The quantitative estimate of drug-likeness (QED) is 0.561. The maximum atomic E-state index is 5.65. The predicted octanol–water partition coefficient (Wildman–Crippen LogP) is 3.92. The van der Waals surface area contributed by atoms with E-state index in [4.69, 9.17) is 14.7 Å². The highest BCUT2D eigenvalue weighted by molar-refractivity contribution is 6.03. The number of fused-ring (bicyclic) bond motifs is 1. The standard InChI is InChI=1S/C23H24N6O/c1-14-4-6-24-12-18(14)17-10-20(29-8-9-30-13-16(29)3)27-23-21(17)15(2)11-25-22(23)19-5-7-26-28-19/h4-7,10-12,16H,8-9,13H2,1-3H3,(H,26,28). The zero-order chi connectivity index (χ0) is 20.7. The lowest BCUT2D eigenvalue weighted by Crippen LogP contribution is -2.44. The lowest BCUT2D eigenvalue weighted by atomic mass is 9.96. The molecule has 5 heterocycles. The molecule has 5 rings (SSSR count). The molecule has 1 fully saturated rings. The topological polar surface area (TPSA) is 79.8 Å². The van der Waals surface area contributed by atoms with Gasteiger partial charge in [0.15, 0.2) is 0 Å². The lowest BCUT2D eigenvalue weighted by Gasteiger charge is -2.34. The van der Waals surface area contributed by atoms with Gasteiger partial charge in [-0.1, -0.05) is 0 Å². The normalized spacial score (nSPS) is 16.9. The Bertz CT molecular complexity index is 1200. The van der Waals surface area contributed by atoms with Gasteiger partial charge in [-0.3, -0.25) is 15.1 Å². The number of anilines is 1. The number of hydrogen-bond donors (Lipinski definition) is 1. The molecule has 30 heavy (non-hydrogen) atoms. The first-order valence-electron chi connectivity index (χ1n) is 10.2. The Labute approximate surface area is 175 Å². The summed E-state index contributed by atoms with van der Waals surface area (Å²) in [6, 6.07) is 6.42. The Morgan fingerprint density at radius 3 is 2.77 bits per heavy atom. The number of nitrogens with one attached hydrogen (secondary N) is 1. The Morgan fingerprint density at radius 2 is 2.00 bits per heavy atom. The van der Waals surface area contributed by atoms with Gasteiger partial charge >= 0.3 is 0 Å². The maximum absolute atomic E-state index is 5.65. The molecule has 1 aliphatic heterocycles. The fourth-order valence-corrected chi connectivity index (χ4v) is 4.15. The first-order valence-corrected chi connectivity index (χ1v) is 10.2. The third-order valence-corrected chi connectivity index (χ3v) is 5.76. The molecule has 7 heteroatoms. The number of rotatable bonds is 3. The van der Waals surface area contributed by atoms with Crippen LogP contribution >= 0.6 is 0 Å². The van der Waals surface area contributed by atoms with Gasteiger partial charge in [0.2, 0.25) is 0 Å². The van der Waals surface area contributed by atoms with E-state index in [9.17, 15) is 0 Å². The molecule has 0 aromatic carbocycles. The van der Waals surface area contributed by atoms with Crippen molar-refractivity contribution >= 4 is 16.7 Å². The highest BCUT2D eigenvalue weighted by atomic mass is 16.5.